The predicted octanol–water partition coefficient (Wildman–Crippen LogP) is 3.92. The number of nitrogens with one attached hydrogen (secondary N) is 1. The summed E-state index contributed by atoms with van der Waals surface area (Å²) in [6, 6.07) is 17.9. The molecule has 3 rings (SSSR count). The minimum Gasteiger partial charge on any atom is -0.457 e. The summed E-state index contributed by atoms with van der Waals surface area (Å²) >= 11 is 0. The molecular weight excluding hydrogens is 427 g/mol. The molecule has 1 aliphatic rings. The van der Waals surface area contributed by atoms with Gasteiger partial charge in [-0.3, -0.25) is 4.99 Å². The molecule has 1 heterocycles. The molecule has 3 N–H and O–H groups in total. The third kappa shape index (κ3) is 5.89. The minimum atomic E-state index is 0. The molecule has 2 aromatic rings. The third-order valence-corrected chi connectivity index (χ3v) is 4.23. The predicted molar refractivity (Wildman–Crippen MR) is 114 cm³/mol. The molecule has 0 amide bonds. The van der Waals surface area contributed by atoms with Crippen molar-refractivity contribution in [2.75, 3.05) is 25.5 Å². The quantitative estimate of drug-likeness (QED) is 0.410. The number of para-hydroxylation sites is 1. The Morgan fingerprint density at radius 1 is 1.20 bits per heavy atom. The molecule has 6 heteroatoms. The fourth-order valence-electron chi connectivity index (χ4n) is 2.86. The van der Waals surface area contributed by atoms with E-state index in [0.717, 1.165) is 30.3 Å². The van der Waals surface area contributed by atoms with Crippen molar-refractivity contribution in [3.8, 4) is 11.5 Å². The van der Waals surface area contributed by atoms with E-state index in [1.807, 2.05) is 54.6 Å². The molecule has 25 heavy (non-hydrogen) atoms. The molecule has 0 aliphatic carbocycles. The number of likely N-dealkylation sites (N-methyl/N-ethyl adjacent to an activating group) is 1. The molecular formula is C19H25IN4O. The number of benzene rings is 2. The van der Waals surface area contributed by atoms with E-state index in [4.69, 9.17) is 10.5 Å². The van der Waals surface area contributed by atoms with E-state index in [2.05, 4.69) is 22.3 Å². The van der Waals surface area contributed by atoms with Crippen LogP contribution in [0.3, 0.4) is 0 Å². The first-order chi connectivity index (χ1) is 11.7. The molecule has 1 atom stereocenters. The van der Waals surface area contributed by atoms with Crippen LogP contribution in [0.25, 0.3) is 0 Å². The SMILES string of the molecule is CN1CCCC1CN=C(N)Nc1cccc(Oc2ccccc2)c1.I. The zero-order chi connectivity index (χ0) is 16.8. The van der Waals surface area contributed by atoms with E-state index in [1.54, 1.807) is 0 Å². The smallest absolute Gasteiger partial charge is 0.193 e. The number of guanidine groups is 1. The molecule has 1 unspecified atom stereocenters. The lowest BCUT2D eigenvalue weighted by atomic mass is 10.2. The first-order valence-electron chi connectivity index (χ1n) is 8.31. The molecule has 0 bridgehead atoms. The van der Waals surface area contributed by atoms with Crippen LogP contribution < -0.4 is 15.8 Å². The van der Waals surface area contributed by atoms with Crippen molar-refractivity contribution in [1.82, 2.24) is 4.90 Å². The second-order valence-electron chi connectivity index (χ2n) is 6.07. The van der Waals surface area contributed by atoms with Crippen LogP contribution in [0.5, 0.6) is 11.5 Å². The molecule has 0 saturated carbocycles. The molecule has 1 saturated heterocycles. The molecule has 0 spiro atoms. The Morgan fingerprint density at radius 2 is 1.96 bits per heavy atom. The van der Waals surface area contributed by atoms with Crippen LogP contribution >= 0.6 is 24.0 Å². The van der Waals surface area contributed by atoms with Crippen LogP contribution in [0.1, 0.15) is 12.8 Å². The summed E-state index contributed by atoms with van der Waals surface area (Å²) in [5, 5.41) is 3.14. The van der Waals surface area contributed by atoms with Gasteiger partial charge in [0.25, 0.3) is 0 Å². The fraction of sp³-hybridized carbons (Fsp3) is 0.316. The first-order valence-corrected chi connectivity index (χ1v) is 8.31. The monoisotopic (exact) mass is 452 g/mol. The van der Waals surface area contributed by atoms with Gasteiger partial charge in [0.2, 0.25) is 0 Å². The van der Waals surface area contributed by atoms with Gasteiger partial charge in [0.05, 0.1) is 6.54 Å². The number of aliphatic imine (C=N–C) groups is 1. The Balaban J connectivity index is 0.00000225. The maximum atomic E-state index is 6.01. The standard InChI is InChI=1S/C19H24N4O.HI/c1-23-12-6-8-16(23)14-21-19(20)22-15-7-5-11-18(13-15)24-17-9-3-2-4-10-17;/h2-5,7,9-11,13,16H,6,8,12,14H2,1H3,(H3,20,21,22);1H. The van der Waals surface area contributed by atoms with Crippen molar-refractivity contribution in [2.45, 2.75) is 18.9 Å². The molecule has 2 aromatic carbocycles. The molecule has 1 fully saturated rings. The Hall–Kier alpha value is -1.80. The van der Waals surface area contributed by atoms with Crippen LogP contribution in [0.4, 0.5) is 5.69 Å². The number of rotatable bonds is 5. The van der Waals surface area contributed by atoms with Gasteiger partial charge in [0.15, 0.2) is 5.96 Å². The Kier molecular flexibility index (Phi) is 7.52. The van der Waals surface area contributed by atoms with Crippen LogP contribution in [0, 0.1) is 0 Å². The average Bonchev–Trinajstić information content (AvgIpc) is 2.99. The van der Waals surface area contributed by atoms with Crippen LogP contribution in [0.15, 0.2) is 59.6 Å². The zero-order valence-corrected chi connectivity index (χ0v) is 16.7. The lowest BCUT2D eigenvalue weighted by molar-refractivity contribution is 0.317. The summed E-state index contributed by atoms with van der Waals surface area (Å²) in [4.78, 5) is 6.80. The van der Waals surface area contributed by atoms with Crippen molar-refractivity contribution < 1.29 is 4.74 Å². The second-order valence-corrected chi connectivity index (χ2v) is 6.07. The number of hydrogen-bond acceptors (Lipinski definition) is 3. The van der Waals surface area contributed by atoms with Gasteiger partial charge in [-0.25, -0.2) is 0 Å². The summed E-state index contributed by atoms with van der Waals surface area (Å²) in [6.45, 7) is 1.88. The number of anilines is 1. The number of nitrogens with two attached hydrogens (primary N) is 1. The van der Waals surface area contributed by atoms with Gasteiger partial charge in [0, 0.05) is 17.8 Å². The normalized spacial score (nSPS) is 17.8. The highest BCUT2D eigenvalue weighted by Gasteiger charge is 2.20. The lowest BCUT2D eigenvalue weighted by Gasteiger charge is -2.17. The van der Waals surface area contributed by atoms with Gasteiger partial charge in [-0.1, -0.05) is 24.3 Å². The van der Waals surface area contributed by atoms with E-state index >= 15 is 0 Å². The summed E-state index contributed by atoms with van der Waals surface area (Å²) in [6.07, 6.45) is 2.43. The first kappa shape index (κ1) is 19.5. The van der Waals surface area contributed by atoms with Crippen molar-refractivity contribution in [2.24, 2.45) is 10.7 Å². The summed E-state index contributed by atoms with van der Waals surface area (Å²) in [5.74, 6) is 2.00. The van der Waals surface area contributed by atoms with Crippen molar-refractivity contribution in [3.63, 3.8) is 0 Å². The molecule has 0 aromatic heterocycles. The highest BCUT2D eigenvalue weighted by molar-refractivity contribution is 14.0. The number of nitrogens with zero attached hydrogens (tertiary/aromatic N) is 2. The molecule has 134 valence electrons. The van der Waals surface area contributed by atoms with Crippen LogP contribution in [0.2, 0.25) is 0 Å². The van der Waals surface area contributed by atoms with E-state index < -0.39 is 0 Å². The second kappa shape index (κ2) is 9.62. The largest absolute Gasteiger partial charge is 0.457 e. The molecule has 5 nitrogen and oxygen atoms in total. The van der Waals surface area contributed by atoms with E-state index in [1.165, 1.54) is 12.8 Å². The summed E-state index contributed by atoms with van der Waals surface area (Å²) in [7, 11) is 2.14. The van der Waals surface area contributed by atoms with Gasteiger partial charge < -0.3 is 20.7 Å². The zero-order valence-electron chi connectivity index (χ0n) is 14.4. The highest BCUT2D eigenvalue weighted by atomic mass is 127. The number of halogens is 1. The van der Waals surface area contributed by atoms with Crippen molar-refractivity contribution >= 4 is 35.6 Å². The Labute approximate surface area is 166 Å². The van der Waals surface area contributed by atoms with Crippen molar-refractivity contribution in [3.05, 3.63) is 54.6 Å². The van der Waals surface area contributed by atoms with Gasteiger partial charge in [-0.15, -0.1) is 24.0 Å². The highest BCUT2D eigenvalue weighted by Crippen LogP contribution is 2.23. The van der Waals surface area contributed by atoms with E-state index in [-0.39, 0.29) is 24.0 Å². The number of hydrogen-bond donors (Lipinski definition) is 2. The average molecular weight is 452 g/mol. The summed E-state index contributed by atoms with van der Waals surface area (Å²) < 4.78 is 5.83. The summed E-state index contributed by atoms with van der Waals surface area (Å²) in [5.41, 5.74) is 6.88. The maximum absolute atomic E-state index is 6.01. The van der Waals surface area contributed by atoms with Gasteiger partial charge in [-0.2, -0.15) is 0 Å². The third-order valence-electron chi connectivity index (χ3n) is 4.23. The van der Waals surface area contributed by atoms with Gasteiger partial charge >= 0.3 is 0 Å². The number of ether oxygens (including phenoxy) is 1. The fourth-order valence-corrected chi connectivity index (χ4v) is 2.86. The topological polar surface area (TPSA) is 62.9 Å². The van der Waals surface area contributed by atoms with Gasteiger partial charge in [0.1, 0.15) is 11.5 Å². The van der Waals surface area contributed by atoms with E-state index in [0.29, 0.717) is 12.0 Å². The van der Waals surface area contributed by atoms with Crippen LogP contribution in [-0.4, -0.2) is 37.0 Å². The Bertz CT molecular complexity index is 693. The van der Waals surface area contributed by atoms with Crippen LogP contribution in [-0.2, 0) is 0 Å². The van der Waals surface area contributed by atoms with E-state index in [9.17, 15) is 0 Å². The lowest BCUT2D eigenvalue weighted by Crippen LogP contribution is -2.30. The van der Waals surface area contributed by atoms with Crippen molar-refractivity contribution in [1.29, 1.82) is 0 Å². The van der Waals surface area contributed by atoms with Gasteiger partial charge in [-0.05, 0) is 50.7 Å². The minimum absolute atomic E-state index is 0. The molecule has 1 aliphatic heterocycles. The maximum Gasteiger partial charge on any atom is 0.193 e. The molecule has 0 radical (unpaired) electrons. The number of likely N-dealkylation sites (tertiary alicyclic amines) is 1. The Morgan fingerprint density at radius 3 is 2.68 bits per heavy atom.